The van der Waals surface area contributed by atoms with E-state index in [2.05, 4.69) is 40.2 Å². The molecule has 6 nitrogen and oxygen atoms in total. The quantitative estimate of drug-likeness (QED) is 0.727. The zero-order valence-electron chi connectivity index (χ0n) is 11.3. The summed E-state index contributed by atoms with van der Waals surface area (Å²) in [7, 11) is 0. The lowest BCUT2D eigenvalue weighted by Crippen LogP contribution is -2.36. The van der Waals surface area contributed by atoms with E-state index in [9.17, 15) is 9.59 Å². The summed E-state index contributed by atoms with van der Waals surface area (Å²) in [6, 6.07) is 0. The normalized spacial score (nSPS) is 12.8. The molecule has 0 spiro atoms. The predicted octanol–water partition coefficient (Wildman–Crippen LogP) is 0.715. The predicted molar refractivity (Wildman–Crippen MR) is 85.1 cm³/mol. The van der Waals surface area contributed by atoms with Gasteiger partial charge in [-0.15, -0.1) is 0 Å². The van der Waals surface area contributed by atoms with Crippen molar-refractivity contribution in [3.63, 3.8) is 0 Å². The summed E-state index contributed by atoms with van der Waals surface area (Å²) < 4.78 is 1.14. The molecule has 0 bridgehead atoms. The van der Waals surface area contributed by atoms with Crippen LogP contribution >= 0.6 is 25.3 Å². The highest BCUT2D eigenvalue weighted by Crippen LogP contribution is 2.06. The zero-order chi connectivity index (χ0) is 14.9. The molecule has 20 heavy (non-hydrogen) atoms. The number of aromatic amines is 1. The summed E-state index contributed by atoms with van der Waals surface area (Å²) in [5, 5.41) is 0.0335. The van der Waals surface area contributed by atoms with Crippen molar-refractivity contribution >= 4 is 36.4 Å². The number of H-pyrrole nitrogens is 1. The van der Waals surface area contributed by atoms with Gasteiger partial charge >= 0.3 is 5.69 Å². The van der Waals surface area contributed by atoms with Crippen LogP contribution in [-0.4, -0.2) is 30.5 Å². The van der Waals surface area contributed by atoms with Gasteiger partial charge in [0.1, 0.15) is 0 Å². The first-order chi connectivity index (χ1) is 9.43. The van der Waals surface area contributed by atoms with Crippen molar-refractivity contribution in [2.75, 3.05) is 5.75 Å². The summed E-state index contributed by atoms with van der Waals surface area (Å²) >= 11 is 8.43. The van der Waals surface area contributed by atoms with Gasteiger partial charge in [0, 0.05) is 17.5 Å². The molecule has 0 aliphatic rings. The molecule has 0 aromatic carbocycles. The highest BCUT2D eigenvalue weighted by Gasteiger charge is 2.12. The van der Waals surface area contributed by atoms with Gasteiger partial charge < -0.3 is 0 Å². The van der Waals surface area contributed by atoms with Crippen LogP contribution < -0.4 is 11.2 Å². The van der Waals surface area contributed by atoms with Gasteiger partial charge in [0.15, 0.2) is 11.2 Å². The SMILES string of the molecule is Cc1nc2[nH]c(=O)n(CC[C@@H](S)CS)c(=O)c2nc1C. The van der Waals surface area contributed by atoms with Crippen molar-refractivity contribution in [3.8, 4) is 0 Å². The number of nitrogens with zero attached hydrogens (tertiary/aromatic N) is 3. The standard InChI is InChI=1S/C12H16N4O2S2/c1-6-7(2)14-10-9(13-6)11(17)16(12(18)15-10)4-3-8(20)5-19/h8,19-20H,3-5H2,1-2H3,(H,14,15,18)/t8-/m1/s1. The molecule has 2 rings (SSSR count). The fraction of sp³-hybridized carbons (Fsp3) is 0.500. The van der Waals surface area contributed by atoms with Crippen LogP contribution in [0, 0.1) is 13.8 Å². The molecule has 1 atom stereocenters. The maximum atomic E-state index is 12.3. The van der Waals surface area contributed by atoms with E-state index in [-0.39, 0.29) is 23.0 Å². The first-order valence-corrected chi connectivity index (χ1v) is 7.36. The second-order valence-corrected chi connectivity index (χ2v) is 5.70. The van der Waals surface area contributed by atoms with E-state index < -0.39 is 11.2 Å². The lowest BCUT2D eigenvalue weighted by Gasteiger charge is -2.09. The molecule has 2 heterocycles. The van der Waals surface area contributed by atoms with Crippen molar-refractivity contribution in [1.29, 1.82) is 0 Å². The Kier molecular flexibility index (Phi) is 4.54. The minimum atomic E-state index is -0.472. The average Bonchev–Trinajstić information content (AvgIpc) is 2.41. The molecule has 8 heteroatoms. The number of thiol groups is 2. The van der Waals surface area contributed by atoms with Crippen LogP contribution in [0.5, 0.6) is 0 Å². The van der Waals surface area contributed by atoms with E-state index in [1.807, 2.05) is 0 Å². The number of aryl methyl sites for hydroxylation is 2. The summed E-state index contributed by atoms with van der Waals surface area (Å²) in [5.41, 5.74) is 0.899. The number of hydrogen-bond acceptors (Lipinski definition) is 6. The lowest BCUT2D eigenvalue weighted by atomic mass is 10.3. The number of nitrogens with one attached hydrogen (secondary N) is 1. The van der Waals surface area contributed by atoms with Gasteiger partial charge in [0.05, 0.1) is 11.4 Å². The fourth-order valence-corrected chi connectivity index (χ4v) is 2.10. The van der Waals surface area contributed by atoms with Gasteiger partial charge in [-0.25, -0.2) is 14.8 Å². The van der Waals surface area contributed by atoms with Gasteiger partial charge in [-0.2, -0.15) is 25.3 Å². The molecule has 0 aliphatic carbocycles. The van der Waals surface area contributed by atoms with Gasteiger partial charge in [-0.05, 0) is 20.3 Å². The van der Waals surface area contributed by atoms with Crippen molar-refractivity contribution in [3.05, 3.63) is 32.2 Å². The molecule has 0 amide bonds. The van der Waals surface area contributed by atoms with E-state index in [1.165, 1.54) is 0 Å². The molecule has 2 aromatic heterocycles. The highest BCUT2D eigenvalue weighted by molar-refractivity contribution is 7.84. The molecule has 2 aromatic rings. The molecule has 1 N–H and O–H groups in total. The third kappa shape index (κ3) is 2.90. The summed E-state index contributed by atoms with van der Waals surface area (Å²) in [4.78, 5) is 35.3. The first-order valence-electron chi connectivity index (χ1n) is 6.21. The minimum Gasteiger partial charge on any atom is -0.290 e. The third-order valence-corrected chi connectivity index (χ3v) is 4.29. The van der Waals surface area contributed by atoms with Crippen LogP contribution in [0.2, 0.25) is 0 Å². The average molecular weight is 312 g/mol. The van der Waals surface area contributed by atoms with E-state index in [1.54, 1.807) is 13.8 Å². The zero-order valence-corrected chi connectivity index (χ0v) is 13.0. The van der Waals surface area contributed by atoms with Crippen molar-refractivity contribution in [2.24, 2.45) is 0 Å². The van der Waals surface area contributed by atoms with E-state index in [0.717, 1.165) is 4.57 Å². The van der Waals surface area contributed by atoms with Crippen molar-refractivity contribution in [2.45, 2.75) is 32.1 Å². The van der Waals surface area contributed by atoms with Crippen molar-refractivity contribution < 1.29 is 0 Å². The number of rotatable bonds is 4. The molecule has 0 aliphatic heterocycles. The van der Waals surface area contributed by atoms with Gasteiger partial charge in [-0.1, -0.05) is 0 Å². The Morgan fingerprint density at radius 1 is 1.25 bits per heavy atom. The molecule has 108 valence electrons. The third-order valence-electron chi connectivity index (χ3n) is 3.12. The minimum absolute atomic E-state index is 0.0335. The van der Waals surface area contributed by atoms with Crippen LogP contribution in [0.1, 0.15) is 17.8 Å². The van der Waals surface area contributed by atoms with E-state index in [0.29, 0.717) is 23.6 Å². The second kappa shape index (κ2) is 6.01. The maximum absolute atomic E-state index is 12.3. The van der Waals surface area contributed by atoms with E-state index >= 15 is 0 Å². The molecule has 0 saturated heterocycles. The molecule has 0 radical (unpaired) electrons. The fourth-order valence-electron chi connectivity index (χ4n) is 1.80. The molecular formula is C12H16N4O2S2. The molecule has 0 unspecified atom stereocenters. The smallest absolute Gasteiger partial charge is 0.290 e. The Labute approximate surface area is 126 Å². The summed E-state index contributed by atoms with van der Waals surface area (Å²) in [6.45, 7) is 3.85. The van der Waals surface area contributed by atoms with E-state index in [4.69, 9.17) is 0 Å². The second-order valence-electron chi connectivity index (χ2n) is 4.60. The van der Waals surface area contributed by atoms with Gasteiger partial charge in [-0.3, -0.25) is 14.3 Å². The molecule has 0 fully saturated rings. The maximum Gasteiger partial charge on any atom is 0.330 e. The lowest BCUT2D eigenvalue weighted by molar-refractivity contribution is 0.597. The van der Waals surface area contributed by atoms with Crippen LogP contribution in [0.4, 0.5) is 0 Å². The Balaban J connectivity index is 2.54. The summed E-state index contributed by atoms with van der Waals surface area (Å²) in [6.07, 6.45) is 0.583. The molecule has 0 saturated carbocycles. The largest absolute Gasteiger partial charge is 0.330 e. The van der Waals surface area contributed by atoms with Crippen molar-refractivity contribution in [1.82, 2.24) is 19.5 Å². The Morgan fingerprint density at radius 2 is 1.90 bits per heavy atom. The number of aromatic nitrogens is 4. The number of hydrogen-bond donors (Lipinski definition) is 3. The first kappa shape index (κ1) is 15.1. The Bertz CT molecular complexity index is 753. The van der Waals surface area contributed by atoms with Crippen LogP contribution in [0.25, 0.3) is 11.2 Å². The summed E-state index contributed by atoms with van der Waals surface area (Å²) in [5.74, 6) is 0.585. The van der Waals surface area contributed by atoms with Crippen LogP contribution in [0.3, 0.4) is 0 Å². The highest BCUT2D eigenvalue weighted by atomic mass is 32.1. The Hall–Kier alpha value is -1.28. The topological polar surface area (TPSA) is 80.6 Å². The van der Waals surface area contributed by atoms with Crippen LogP contribution in [-0.2, 0) is 6.54 Å². The molecular weight excluding hydrogens is 296 g/mol. The Morgan fingerprint density at radius 3 is 2.55 bits per heavy atom. The van der Waals surface area contributed by atoms with Crippen LogP contribution in [0.15, 0.2) is 9.59 Å². The van der Waals surface area contributed by atoms with Gasteiger partial charge in [0.25, 0.3) is 5.56 Å². The monoisotopic (exact) mass is 312 g/mol. The number of fused-ring (bicyclic) bond motifs is 1. The van der Waals surface area contributed by atoms with Gasteiger partial charge in [0.2, 0.25) is 0 Å².